The zero-order valence-corrected chi connectivity index (χ0v) is 14.6. The molecule has 2 aromatic carbocycles. The zero-order valence-electron chi connectivity index (χ0n) is 14.6. The summed E-state index contributed by atoms with van der Waals surface area (Å²) in [4.78, 5) is 17.0. The van der Waals surface area contributed by atoms with E-state index in [1.54, 1.807) is 48.8 Å². The number of ether oxygens (including phenoxy) is 1. The van der Waals surface area contributed by atoms with Crippen LogP contribution in [0.25, 0.3) is 0 Å². The number of benzene rings is 2. The smallest absolute Gasteiger partial charge is 0.252 e. The van der Waals surface area contributed by atoms with E-state index in [0.717, 1.165) is 5.56 Å². The van der Waals surface area contributed by atoms with Crippen molar-refractivity contribution in [3.63, 3.8) is 0 Å². The number of hydrogen-bond donors (Lipinski definition) is 1. The van der Waals surface area contributed by atoms with Crippen LogP contribution in [0.15, 0.2) is 60.9 Å². The van der Waals surface area contributed by atoms with Gasteiger partial charge in [0, 0.05) is 25.0 Å². The number of aryl methyl sites for hydroxylation is 1. The van der Waals surface area contributed by atoms with Gasteiger partial charge in [0.25, 0.3) is 5.91 Å². The number of carbonyl (C=O) groups is 1. The Bertz CT molecular complexity index is 873. The molecular formula is C20H20FN3O2. The van der Waals surface area contributed by atoms with E-state index in [1.807, 2.05) is 18.5 Å². The fourth-order valence-electron chi connectivity index (χ4n) is 2.69. The fourth-order valence-corrected chi connectivity index (χ4v) is 2.69. The molecule has 1 amide bonds. The Hall–Kier alpha value is -3.15. The molecule has 0 spiro atoms. The molecule has 3 rings (SSSR count). The minimum Gasteiger partial charge on any atom is -0.494 e. The van der Waals surface area contributed by atoms with E-state index >= 15 is 0 Å². The Kier molecular flexibility index (Phi) is 5.31. The van der Waals surface area contributed by atoms with Crippen molar-refractivity contribution in [2.45, 2.75) is 13.0 Å². The maximum absolute atomic E-state index is 13.3. The number of nitrogens with one attached hydrogen (secondary N) is 1. The molecule has 1 N–H and O–H groups in total. The van der Waals surface area contributed by atoms with Gasteiger partial charge in [-0.2, -0.15) is 0 Å². The van der Waals surface area contributed by atoms with Crippen molar-refractivity contribution in [2.75, 3.05) is 6.61 Å². The van der Waals surface area contributed by atoms with Crippen LogP contribution in [0.1, 0.15) is 34.7 Å². The topological polar surface area (TPSA) is 56.1 Å². The molecule has 0 aliphatic carbocycles. The number of amides is 1. The molecule has 1 aromatic heterocycles. The Labute approximate surface area is 151 Å². The number of nitrogens with zero attached hydrogens (tertiary/aromatic N) is 2. The highest BCUT2D eigenvalue weighted by molar-refractivity contribution is 5.94. The second-order valence-electron chi connectivity index (χ2n) is 5.81. The van der Waals surface area contributed by atoms with Gasteiger partial charge in [0.2, 0.25) is 0 Å². The second-order valence-corrected chi connectivity index (χ2v) is 5.81. The molecule has 0 aliphatic heterocycles. The van der Waals surface area contributed by atoms with Crippen LogP contribution >= 0.6 is 0 Å². The second kappa shape index (κ2) is 7.82. The molecule has 0 radical (unpaired) electrons. The first kappa shape index (κ1) is 17.7. The van der Waals surface area contributed by atoms with E-state index in [0.29, 0.717) is 23.7 Å². The summed E-state index contributed by atoms with van der Waals surface area (Å²) in [6.07, 6.45) is 3.46. The lowest BCUT2D eigenvalue weighted by molar-refractivity contribution is 0.0941. The molecule has 1 heterocycles. The number of halogens is 1. The van der Waals surface area contributed by atoms with Crippen LogP contribution in [-0.4, -0.2) is 22.1 Å². The lowest BCUT2D eigenvalue weighted by Gasteiger charge is -2.19. The van der Waals surface area contributed by atoms with E-state index in [2.05, 4.69) is 10.3 Å². The molecule has 0 aliphatic rings. The molecule has 0 saturated heterocycles. The van der Waals surface area contributed by atoms with E-state index in [-0.39, 0.29) is 11.7 Å². The monoisotopic (exact) mass is 353 g/mol. The van der Waals surface area contributed by atoms with Crippen molar-refractivity contribution in [3.8, 4) is 5.75 Å². The standard InChI is InChI=1S/C20H20FN3O2/c1-3-26-17-10-6-15(7-11-17)20(25)23-18(19-22-12-13-24(19)2)14-4-8-16(21)9-5-14/h4-13,18H,3H2,1-2H3,(H,23,25). The number of hydrogen-bond acceptors (Lipinski definition) is 3. The highest BCUT2D eigenvalue weighted by atomic mass is 19.1. The zero-order chi connectivity index (χ0) is 18.5. The van der Waals surface area contributed by atoms with Crippen molar-refractivity contribution in [3.05, 3.63) is 83.7 Å². The van der Waals surface area contributed by atoms with Gasteiger partial charge >= 0.3 is 0 Å². The summed E-state index contributed by atoms with van der Waals surface area (Å²) in [7, 11) is 1.85. The van der Waals surface area contributed by atoms with Crippen LogP contribution < -0.4 is 10.1 Å². The lowest BCUT2D eigenvalue weighted by atomic mass is 10.1. The quantitative estimate of drug-likeness (QED) is 0.738. The maximum Gasteiger partial charge on any atom is 0.252 e. The first-order chi connectivity index (χ1) is 12.6. The Balaban J connectivity index is 1.86. The summed E-state index contributed by atoms with van der Waals surface area (Å²) in [6.45, 7) is 2.47. The first-order valence-corrected chi connectivity index (χ1v) is 8.35. The summed E-state index contributed by atoms with van der Waals surface area (Å²) in [5.41, 5.74) is 1.26. The third-order valence-corrected chi connectivity index (χ3v) is 4.02. The van der Waals surface area contributed by atoms with Crippen molar-refractivity contribution in [2.24, 2.45) is 7.05 Å². The van der Waals surface area contributed by atoms with Gasteiger partial charge in [-0.3, -0.25) is 4.79 Å². The summed E-state index contributed by atoms with van der Waals surface area (Å²) < 4.78 is 20.5. The molecule has 3 aromatic rings. The number of imidazole rings is 1. The SMILES string of the molecule is CCOc1ccc(C(=O)NC(c2ccc(F)cc2)c2nccn2C)cc1. The summed E-state index contributed by atoms with van der Waals surface area (Å²) in [5.74, 6) is 0.801. The van der Waals surface area contributed by atoms with Crippen LogP contribution in [0.4, 0.5) is 4.39 Å². The van der Waals surface area contributed by atoms with Gasteiger partial charge < -0.3 is 14.6 Å². The van der Waals surface area contributed by atoms with E-state index in [1.165, 1.54) is 12.1 Å². The number of rotatable bonds is 6. The highest BCUT2D eigenvalue weighted by Crippen LogP contribution is 2.22. The first-order valence-electron chi connectivity index (χ1n) is 8.35. The third-order valence-electron chi connectivity index (χ3n) is 4.02. The molecule has 26 heavy (non-hydrogen) atoms. The van der Waals surface area contributed by atoms with Gasteiger partial charge in [-0.1, -0.05) is 12.1 Å². The molecular weight excluding hydrogens is 333 g/mol. The fraction of sp³-hybridized carbons (Fsp3) is 0.200. The number of carbonyl (C=O) groups excluding carboxylic acids is 1. The van der Waals surface area contributed by atoms with Gasteiger partial charge in [-0.25, -0.2) is 9.37 Å². The lowest BCUT2D eigenvalue weighted by Crippen LogP contribution is -2.31. The average Bonchev–Trinajstić information content (AvgIpc) is 3.07. The Morgan fingerprint density at radius 1 is 1.19 bits per heavy atom. The minimum atomic E-state index is -0.491. The van der Waals surface area contributed by atoms with Gasteiger partial charge in [0.15, 0.2) is 0 Å². The molecule has 1 atom stereocenters. The molecule has 0 bridgehead atoms. The van der Waals surface area contributed by atoms with E-state index < -0.39 is 6.04 Å². The Morgan fingerprint density at radius 2 is 1.88 bits per heavy atom. The van der Waals surface area contributed by atoms with Crippen LogP contribution in [0.3, 0.4) is 0 Å². The third kappa shape index (κ3) is 3.91. The van der Waals surface area contributed by atoms with Gasteiger partial charge in [-0.15, -0.1) is 0 Å². The summed E-state index contributed by atoms with van der Waals surface area (Å²) in [6, 6.07) is 12.5. The van der Waals surface area contributed by atoms with Gasteiger partial charge in [0.1, 0.15) is 23.4 Å². The molecule has 1 unspecified atom stereocenters. The van der Waals surface area contributed by atoms with Gasteiger partial charge in [-0.05, 0) is 48.9 Å². The van der Waals surface area contributed by atoms with Crippen LogP contribution in [0.2, 0.25) is 0 Å². The van der Waals surface area contributed by atoms with Crippen molar-refractivity contribution in [1.82, 2.24) is 14.9 Å². The maximum atomic E-state index is 13.3. The van der Waals surface area contributed by atoms with Gasteiger partial charge in [0.05, 0.1) is 6.61 Å². The Morgan fingerprint density at radius 3 is 2.46 bits per heavy atom. The highest BCUT2D eigenvalue weighted by Gasteiger charge is 2.21. The van der Waals surface area contributed by atoms with Crippen molar-refractivity contribution >= 4 is 5.91 Å². The summed E-state index contributed by atoms with van der Waals surface area (Å²) in [5, 5.41) is 2.98. The molecule has 0 saturated carbocycles. The predicted molar refractivity (Wildman–Crippen MR) is 96.5 cm³/mol. The van der Waals surface area contributed by atoms with Crippen molar-refractivity contribution < 1.29 is 13.9 Å². The van der Waals surface area contributed by atoms with Crippen LogP contribution in [-0.2, 0) is 7.05 Å². The van der Waals surface area contributed by atoms with E-state index in [4.69, 9.17) is 4.74 Å². The average molecular weight is 353 g/mol. The van der Waals surface area contributed by atoms with E-state index in [9.17, 15) is 9.18 Å². The largest absolute Gasteiger partial charge is 0.494 e. The molecule has 6 heteroatoms. The van der Waals surface area contributed by atoms with Crippen LogP contribution in [0.5, 0.6) is 5.75 Å². The molecule has 5 nitrogen and oxygen atoms in total. The number of aromatic nitrogens is 2. The summed E-state index contributed by atoms with van der Waals surface area (Å²) >= 11 is 0. The normalized spacial score (nSPS) is 11.8. The van der Waals surface area contributed by atoms with Crippen molar-refractivity contribution in [1.29, 1.82) is 0 Å². The molecule has 0 fully saturated rings. The molecule has 134 valence electrons. The predicted octanol–water partition coefficient (Wildman–Crippen LogP) is 3.48. The minimum absolute atomic E-state index is 0.245. The van der Waals surface area contributed by atoms with Crippen LogP contribution in [0, 0.1) is 5.82 Å².